The van der Waals surface area contributed by atoms with Crippen molar-refractivity contribution in [1.82, 2.24) is 10.3 Å². The molecule has 1 saturated heterocycles. The Morgan fingerprint density at radius 1 is 1.24 bits per heavy atom. The molecule has 17 heavy (non-hydrogen) atoms. The van der Waals surface area contributed by atoms with Gasteiger partial charge in [0, 0.05) is 31.4 Å². The molecule has 1 aromatic rings. The number of hydrogen-bond donors (Lipinski definition) is 1. The highest BCUT2D eigenvalue weighted by Crippen LogP contribution is 2.39. The Bertz CT molecular complexity index is 332. The molecule has 7 heteroatoms. The van der Waals surface area contributed by atoms with Gasteiger partial charge in [0.05, 0.1) is 5.92 Å². The van der Waals surface area contributed by atoms with Gasteiger partial charge >= 0.3 is 6.18 Å². The third-order valence-electron chi connectivity index (χ3n) is 2.75. The number of nitrogens with one attached hydrogen (secondary N) is 1. The largest absolute Gasteiger partial charge is 0.393 e. The summed E-state index contributed by atoms with van der Waals surface area (Å²) in [5.74, 6) is -1.79. The predicted octanol–water partition coefficient (Wildman–Crippen LogP) is 2.79. The Balaban J connectivity index is 0.00000128. The molecule has 98 valence electrons. The van der Waals surface area contributed by atoms with Crippen LogP contribution in [0.4, 0.5) is 13.2 Å². The van der Waals surface area contributed by atoms with Crippen LogP contribution in [0.15, 0.2) is 24.5 Å². The fourth-order valence-electron chi connectivity index (χ4n) is 1.97. The van der Waals surface area contributed by atoms with Crippen molar-refractivity contribution in [3.63, 3.8) is 0 Å². The highest BCUT2D eigenvalue weighted by atomic mass is 35.5. The Labute approximate surface area is 110 Å². The summed E-state index contributed by atoms with van der Waals surface area (Å²) in [6.45, 7) is 0.374. The predicted molar refractivity (Wildman–Crippen MR) is 63.9 cm³/mol. The van der Waals surface area contributed by atoms with Crippen LogP contribution in [-0.2, 0) is 0 Å². The van der Waals surface area contributed by atoms with Gasteiger partial charge in [0.2, 0.25) is 0 Å². The van der Waals surface area contributed by atoms with Crippen LogP contribution in [0.1, 0.15) is 11.5 Å². The summed E-state index contributed by atoms with van der Waals surface area (Å²) in [4.78, 5) is 3.85. The van der Waals surface area contributed by atoms with E-state index in [0.29, 0.717) is 12.1 Å². The summed E-state index contributed by atoms with van der Waals surface area (Å²) in [6.07, 6.45) is -1.06. The van der Waals surface area contributed by atoms with Crippen molar-refractivity contribution >= 4 is 24.8 Å². The lowest BCUT2D eigenvalue weighted by Crippen LogP contribution is -2.28. The molecule has 1 aliphatic heterocycles. The van der Waals surface area contributed by atoms with Gasteiger partial charge in [-0.1, -0.05) is 6.07 Å². The topological polar surface area (TPSA) is 24.9 Å². The quantitative estimate of drug-likeness (QED) is 0.860. The first-order valence-corrected chi connectivity index (χ1v) is 4.76. The summed E-state index contributed by atoms with van der Waals surface area (Å²) in [5, 5.41) is 2.78. The second kappa shape index (κ2) is 6.42. The number of halogens is 5. The van der Waals surface area contributed by atoms with Gasteiger partial charge in [-0.3, -0.25) is 4.98 Å². The van der Waals surface area contributed by atoms with Crippen LogP contribution >= 0.6 is 24.8 Å². The van der Waals surface area contributed by atoms with E-state index in [9.17, 15) is 13.2 Å². The fraction of sp³-hybridized carbons (Fsp3) is 0.500. The zero-order valence-electron chi connectivity index (χ0n) is 8.78. The molecule has 1 aromatic heterocycles. The minimum absolute atomic E-state index is 0. The number of rotatable bonds is 1. The fourth-order valence-corrected chi connectivity index (χ4v) is 1.97. The lowest BCUT2D eigenvalue weighted by molar-refractivity contribution is -0.172. The molecule has 1 N–H and O–H groups in total. The third kappa shape index (κ3) is 3.72. The average molecular weight is 289 g/mol. The van der Waals surface area contributed by atoms with E-state index >= 15 is 0 Å². The van der Waals surface area contributed by atoms with E-state index in [1.165, 1.54) is 6.20 Å². The lowest BCUT2D eigenvalue weighted by Gasteiger charge is -2.21. The Morgan fingerprint density at radius 3 is 2.47 bits per heavy atom. The standard InChI is InChI=1S/C10H11F3N2.2ClH/c11-10(12,13)9-6-15-5-8(9)7-2-1-3-14-4-7;;/h1-4,8-9,15H,5-6H2;2*1H. The molecule has 1 fully saturated rings. The maximum atomic E-state index is 12.6. The zero-order valence-corrected chi connectivity index (χ0v) is 10.4. The van der Waals surface area contributed by atoms with E-state index in [-0.39, 0.29) is 31.4 Å². The smallest absolute Gasteiger partial charge is 0.315 e. The minimum Gasteiger partial charge on any atom is -0.315 e. The molecule has 2 nitrogen and oxygen atoms in total. The van der Waals surface area contributed by atoms with Gasteiger partial charge in [-0.25, -0.2) is 0 Å². The van der Waals surface area contributed by atoms with Crippen molar-refractivity contribution in [1.29, 1.82) is 0 Å². The number of pyridine rings is 1. The molecule has 2 rings (SSSR count). The third-order valence-corrected chi connectivity index (χ3v) is 2.75. The molecule has 0 radical (unpaired) electrons. The number of nitrogens with zero attached hydrogens (tertiary/aromatic N) is 1. The molecule has 0 aliphatic carbocycles. The summed E-state index contributed by atoms with van der Waals surface area (Å²) in [7, 11) is 0. The van der Waals surface area contributed by atoms with Gasteiger partial charge < -0.3 is 5.32 Å². The summed E-state index contributed by atoms with van der Waals surface area (Å²) < 4.78 is 37.9. The summed E-state index contributed by atoms with van der Waals surface area (Å²) in [6, 6.07) is 3.37. The first-order valence-electron chi connectivity index (χ1n) is 4.76. The first kappa shape index (κ1) is 16.5. The van der Waals surface area contributed by atoms with E-state index in [0.717, 1.165) is 0 Å². The van der Waals surface area contributed by atoms with Crippen molar-refractivity contribution in [2.24, 2.45) is 5.92 Å². The Morgan fingerprint density at radius 2 is 1.94 bits per heavy atom. The highest BCUT2D eigenvalue weighted by molar-refractivity contribution is 5.85. The van der Waals surface area contributed by atoms with E-state index in [1.807, 2.05) is 0 Å². The van der Waals surface area contributed by atoms with E-state index in [4.69, 9.17) is 0 Å². The van der Waals surface area contributed by atoms with Gasteiger partial charge in [-0.05, 0) is 11.6 Å². The highest BCUT2D eigenvalue weighted by Gasteiger charge is 2.47. The van der Waals surface area contributed by atoms with Crippen LogP contribution < -0.4 is 5.32 Å². The summed E-state index contributed by atoms with van der Waals surface area (Å²) >= 11 is 0. The molecule has 2 atom stereocenters. The monoisotopic (exact) mass is 288 g/mol. The number of alkyl halides is 3. The van der Waals surface area contributed by atoms with Gasteiger partial charge in [0.1, 0.15) is 0 Å². The molecule has 2 heterocycles. The number of hydrogen-bond acceptors (Lipinski definition) is 2. The molecule has 0 amide bonds. The number of aromatic nitrogens is 1. The van der Waals surface area contributed by atoms with Crippen LogP contribution in [0.3, 0.4) is 0 Å². The van der Waals surface area contributed by atoms with Crippen LogP contribution in [-0.4, -0.2) is 24.2 Å². The molecule has 0 bridgehead atoms. The van der Waals surface area contributed by atoms with E-state index in [1.54, 1.807) is 18.3 Å². The molecule has 2 unspecified atom stereocenters. The van der Waals surface area contributed by atoms with Crippen molar-refractivity contribution in [3.05, 3.63) is 30.1 Å². The van der Waals surface area contributed by atoms with Crippen LogP contribution in [0.25, 0.3) is 0 Å². The van der Waals surface area contributed by atoms with Crippen molar-refractivity contribution in [2.75, 3.05) is 13.1 Å². The molecular formula is C10H13Cl2F3N2. The molecule has 1 aliphatic rings. The van der Waals surface area contributed by atoms with Gasteiger partial charge in [-0.2, -0.15) is 13.2 Å². The van der Waals surface area contributed by atoms with Crippen molar-refractivity contribution < 1.29 is 13.2 Å². The van der Waals surface area contributed by atoms with Gasteiger partial charge in [0.15, 0.2) is 0 Å². The normalized spacial score (nSPS) is 23.7. The Hall–Kier alpha value is -0.520. The van der Waals surface area contributed by atoms with Crippen LogP contribution in [0.2, 0.25) is 0 Å². The second-order valence-electron chi connectivity index (χ2n) is 3.70. The average Bonchev–Trinajstić information content (AvgIpc) is 2.67. The van der Waals surface area contributed by atoms with Crippen molar-refractivity contribution in [3.8, 4) is 0 Å². The van der Waals surface area contributed by atoms with E-state index < -0.39 is 18.0 Å². The maximum Gasteiger partial charge on any atom is 0.393 e. The Kier molecular flexibility index (Phi) is 6.23. The zero-order chi connectivity index (χ0) is 10.9. The first-order chi connectivity index (χ1) is 7.09. The molecule has 0 aromatic carbocycles. The van der Waals surface area contributed by atoms with Gasteiger partial charge in [-0.15, -0.1) is 24.8 Å². The van der Waals surface area contributed by atoms with E-state index in [2.05, 4.69) is 10.3 Å². The molecule has 0 saturated carbocycles. The SMILES string of the molecule is Cl.Cl.FC(F)(F)C1CNCC1c1cccnc1. The second-order valence-corrected chi connectivity index (χ2v) is 3.70. The van der Waals surface area contributed by atoms with Crippen LogP contribution in [0.5, 0.6) is 0 Å². The van der Waals surface area contributed by atoms with Crippen molar-refractivity contribution in [2.45, 2.75) is 12.1 Å². The van der Waals surface area contributed by atoms with Crippen LogP contribution in [0, 0.1) is 5.92 Å². The van der Waals surface area contributed by atoms with Gasteiger partial charge in [0.25, 0.3) is 0 Å². The molecule has 0 spiro atoms. The molecular weight excluding hydrogens is 276 g/mol. The lowest BCUT2D eigenvalue weighted by atomic mass is 9.89. The minimum atomic E-state index is -4.13. The summed E-state index contributed by atoms with van der Waals surface area (Å²) in [5.41, 5.74) is 0.657. The maximum absolute atomic E-state index is 12.6.